The Labute approximate surface area is 118 Å². The van der Waals surface area contributed by atoms with E-state index in [-0.39, 0.29) is 0 Å². The molecule has 2 aromatic rings. The molecule has 0 spiro atoms. The van der Waals surface area contributed by atoms with Gasteiger partial charge in [0.2, 0.25) is 0 Å². The number of thiazole rings is 1. The van der Waals surface area contributed by atoms with E-state index in [1.165, 1.54) is 25.7 Å². The van der Waals surface area contributed by atoms with Gasteiger partial charge >= 0.3 is 0 Å². The van der Waals surface area contributed by atoms with Crippen LogP contribution in [0, 0.1) is 0 Å². The zero-order valence-electron chi connectivity index (χ0n) is 11.2. The molecule has 1 aliphatic carbocycles. The van der Waals surface area contributed by atoms with Crippen LogP contribution in [0.4, 0.5) is 0 Å². The smallest absolute Gasteiger partial charge is 0.142 e. The van der Waals surface area contributed by atoms with Crippen LogP contribution in [0.25, 0.3) is 10.7 Å². The molecule has 1 saturated carbocycles. The molecule has 2 heterocycles. The average molecular weight is 273 g/mol. The van der Waals surface area contributed by atoms with E-state index in [0.717, 1.165) is 22.9 Å². The Kier molecular flexibility index (Phi) is 3.62. The normalized spacial score (nSPS) is 17.7. The molecule has 2 aromatic heterocycles. The quantitative estimate of drug-likeness (QED) is 0.924. The Bertz CT molecular complexity index is 529. The van der Waals surface area contributed by atoms with Crippen LogP contribution in [-0.4, -0.2) is 15.5 Å². The van der Waals surface area contributed by atoms with E-state index < -0.39 is 0 Å². The van der Waals surface area contributed by atoms with Crippen LogP contribution >= 0.6 is 11.3 Å². The topological polar surface area (TPSA) is 37.8 Å². The summed E-state index contributed by atoms with van der Waals surface area (Å²) in [6.45, 7) is 3.19. The first-order valence-electron chi connectivity index (χ1n) is 6.86. The van der Waals surface area contributed by atoms with Crippen LogP contribution in [0.1, 0.15) is 38.3 Å². The standard InChI is InChI=1S/C15H19N3S/c1-15(7-3-4-8-15)17-10-12-11-19-14(18-12)13-6-2-5-9-16-13/h2,5-6,9,11,17H,3-4,7-8,10H2,1H3. The van der Waals surface area contributed by atoms with Crippen molar-refractivity contribution in [3.63, 3.8) is 0 Å². The molecule has 0 saturated heterocycles. The Morgan fingerprint density at radius 3 is 2.89 bits per heavy atom. The van der Waals surface area contributed by atoms with Gasteiger partial charge < -0.3 is 5.32 Å². The number of pyridine rings is 1. The summed E-state index contributed by atoms with van der Waals surface area (Å²) in [5.41, 5.74) is 2.40. The van der Waals surface area contributed by atoms with Gasteiger partial charge in [0.25, 0.3) is 0 Å². The van der Waals surface area contributed by atoms with Gasteiger partial charge in [-0.2, -0.15) is 0 Å². The average Bonchev–Trinajstić information content (AvgIpc) is 3.07. The largest absolute Gasteiger partial charge is 0.306 e. The van der Waals surface area contributed by atoms with E-state index in [2.05, 4.69) is 27.6 Å². The molecule has 100 valence electrons. The summed E-state index contributed by atoms with van der Waals surface area (Å²) in [6.07, 6.45) is 7.07. The third-order valence-electron chi connectivity index (χ3n) is 3.84. The predicted molar refractivity (Wildman–Crippen MR) is 79.1 cm³/mol. The van der Waals surface area contributed by atoms with Crippen LogP contribution in [0.2, 0.25) is 0 Å². The van der Waals surface area contributed by atoms with Crippen molar-refractivity contribution in [3.8, 4) is 10.7 Å². The monoisotopic (exact) mass is 273 g/mol. The highest BCUT2D eigenvalue weighted by Crippen LogP contribution is 2.29. The van der Waals surface area contributed by atoms with Crippen molar-refractivity contribution in [2.45, 2.75) is 44.7 Å². The van der Waals surface area contributed by atoms with Crippen molar-refractivity contribution < 1.29 is 0 Å². The van der Waals surface area contributed by atoms with E-state index in [1.54, 1.807) is 11.3 Å². The summed E-state index contributed by atoms with van der Waals surface area (Å²) in [6, 6.07) is 5.94. The molecule has 3 nitrogen and oxygen atoms in total. The second-order valence-electron chi connectivity index (χ2n) is 5.48. The maximum Gasteiger partial charge on any atom is 0.142 e. The van der Waals surface area contributed by atoms with Gasteiger partial charge in [0.15, 0.2) is 0 Å². The molecule has 0 aromatic carbocycles. The predicted octanol–water partition coefficient (Wildman–Crippen LogP) is 3.63. The zero-order chi connectivity index (χ0) is 13.1. The maximum atomic E-state index is 4.67. The Morgan fingerprint density at radius 1 is 1.32 bits per heavy atom. The molecule has 1 N–H and O–H groups in total. The molecule has 0 aliphatic heterocycles. The number of hydrogen-bond acceptors (Lipinski definition) is 4. The molecular weight excluding hydrogens is 254 g/mol. The fourth-order valence-electron chi connectivity index (χ4n) is 2.63. The van der Waals surface area contributed by atoms with Gasteiger partial charge in [-0.25, -0.2) is 4.98 Å². The van der Waals surface area contributed by atoms with E-state index in [1.807, 2.05) is 24.4 Å². The van der Waals surface area contributed by atoms with Crippen molar-refractivity contribution in [1.82, 2.24) is 15.3 Å². The highest BCUT2D eigenvalue weighted by atomic mass is 32.1. The first kappa shape index (κ1) is 12.8. The molecular formula is C15H19N3S. The molecule has 1 fully saturated rings. The van der Waals surface area contributed by atoms with E-state index in [0.29, 0.717) is 5.54 Å². The van der Waals surface area contributed by atoms with Gasteiger partial charge in [0, 0.05) is 23.7 Å². The van der Waals surface area contributed by atoms with Gasteiger partial charge in [-0.1, -0.05) is 18.9 Å². The molecule has 0 atom stereocenters. The van der Waals surface area contributed by atoms with E-state index in [9.17, 15) is 0 Å². The molecule has 3 rings (SSSR count). The van der Waals surface area contributed by atoms with Crippen molar-refractivity contribution in [3.05, 3.63) is 35.5 Å². The molecule has 0 bridgehead atoms. The lowest BCUT2D eigenvalue weighted by Gasteiger charge is -2.24. The summed E-state index contributed by atoms with van der Waals surface area (Å²) >= 11 is 1.67. The number of nitrogens with zero attached hydrogens (tertiary/aromatic N) is 2. The number of nitrogens with one attached hydrogen (secondary N) is 1. The van der Waals surface area contributed by atoms with Crippen molar-refractivity contribution in [2.75, 3.05) is 0 Å². The first-order valence-corrected chi connectivity index (χ1v) is 7.74. The number of rotatable bonds is 4. The number of aromatic nitrogens is 2. The first-order chi connectivity index (χ1) is 9.25. The van der Waals surface area contributed by atoms with Crippen LogP contribution < -0.4 is 5.32 Å². The van der Waals surface area contributed by atoms with Crippen molar-refractivity contribution in [2.24, 2.45) is 0 Å². The lowest BCUT2D eigenvalue weighted by molar-refractivity contribution is 0.361. The maximum absolute atomic E-state index is 4.67. The summed E-state index contributed by atoms with van der Waals surface area (Å²) in [5, 5.41) is 6.81. The van der Waals surface area contributed by atoms with Gasteiger partial charge in [-0.05, 0) is 31.9 Å². The van der Waals surface area contributed by atoms with Crippen LogP contribution in [-0.2, 0) is 6.54 Å². The summed E-state index contributed by atoms with van der Waals surface area (Å²) in [4.78, 5) is 9.01. The molecule has 1 aliphatic rings. The van der Waals surface area contributed by atoms with Gasteiger partial charge in [0.1, 0.15) is 5.01 Å². The SMILES string of the molecule is CC1(NCc2csc(-c3ccccn3)n2)CCCC1. The van der Waals surface area contributed by atoms with Gasteiger partial charge in [-0.3, -0.25) is 4.98 Å². The Morgan fingerprint density at radius 2 is 2.16 bits per heavy atom. The fraction of sp³-hybridized carbons (Fsp3) is 0.467. The van der Waals surface area contributed by atoms with Gasteiger partial charge in [0.05, 0.1) is 11.4 Å². The third-order valence-corrected chi connectivity index (χ3v) is 4.75. The molecule has 19 heavy (non-hydrogen) atoms. The van der Waals surface area contributed by atoms with Crippen LogP contribution in [0.5, 0.6) is 0 Å². The minimum atomic E-state index is 0.314. The Hall–Kier alpha value is -1.26. The van der Waals surface area contributed by atoms with E-state index >= 15 is 0 Å². The second-order valence-corrected chi connectivity index (χ2v) is 6.34. The fourth-order valence-corrected chi connectivity index (χ4v) is 3.43. The molecule has 0 radical (unpaired) electrons. The van der Waals surface area contributed by atoms with Crippen molar-refractivity contribution >= 4 is 11.3 Å². The van der Waals surface area contributed by atoms with Crippen LogP contribution in [0.15, 0.2) is 29.8 Å². The van der Waals surface area contributed by atoms with E-state index in [4.69, 9.17) is 0 Å². The second kappa shape index (κ2) is 5.39. The van der Waals surface area contributed by atoms with Gasteiger partial charge in [-0.15, -0.1) is 11.3 Å². The highest BCUT2D eigenvalue weighted by molar-refractivity contribution is 7.13. The molecule has 0 unspecified atom stereocenters. The highest BCUT2D eigenvalue weighted by Gasteiger charge is 2.27. The van der Waals surface area contributed by atoms with Crippen molar-refractivity contribution in [1.29, 1.82) is 0 Å². The Balaban J connectivity index is 1.65. The third kappa shape index (κ3) is 3.01. The summed E-state index contributed by atoms with van der Waals surface area (Å²) in [7, 11) is 0. The molecule has 4 heteroatoms. The minimum Gasteiger partial charge on any atom is -0.306 e. The van der Waals surface area contributed by atoms with Crippen LogP contribution in [0.3, 0.4) is 0 Å². The minimum absolute atomic E-state index is 0.314. The lowest BCUT2D eigenvalue weighted by atomic mass is 10.0. The molecule has 0 amide bonds. The number of hydrogen-bond donors (Lipinski definition) is 1. The lowest BCUT2D eigenvalue weighted by Crippen LogP contribution is -2.38. The zero-order valence-corrected chi connectivity index (χ0v) is 12.0. The summed E-state index contributed by atoms with van der Waals surface area (Å²) in [5.74, 6) is 0. The summed E-state index contributed by atoms with van der Waals surface area (Å²) < 4.78 is 0.